The van der Waals surface area contributed by atoms with Crippen molar-refractivity contribution in [3.8, 4) is 22.6 Å². The van der Waals surface area contributed by atoms with Crippen molar-refractivity contribution in [1.29, 1.82) is 0 Å². The Labute approximate surface area is 92.9 Å². The van der Waals surface area contributed by atoms with E-state index in [2.05, 4.69) is 0 Å². The number of benzene rings is 2. The Bertz CT molecular complexity index is 492. The van der Waals surface area contributed by atoms with Gasteiger partial charge in [-0.05, 0) is 23.8 Å². The molecule has 82 valence electrons. The van der Waals surface area contributed by atoms with Gasteiger partial charge in [0.25, 0.3) is 0 Å². The van der Waals surface area contributed by atoms with E-state index in [-0.39, 0.29) is 11.6 Å². The van der Waals surface area contributed by atoms with Crippen molar-refractivity contribution >= 4 is 0 Å². The Balaban J connectivity index is 2.55. The molecule has 0 unspecified atom stereocenters. The fraction of sp³-hybridized carbons (Fsp3) is 0.0769. The maximum Gasteiger partial charge on any atom is 0.168 e. The Hall–Kier alpha value is -2.03. The van der Waals surface area contributed by atoms with Gasteiger partial charge in [0.2, 0.25) is 0 Å². The van der Waals surface area contributed by atoms with Crippen molar-refractivity contribution in [1.82, 2.24) is 0 Å². The summed E-state index contributed by atoms with van der Waals surface area (Å²) >= 11 is 0. The SMILES string of the molecule is COc1c(O)cccc1-c1ccc(F)cc1. The number of aromatic hydroxyl groups is 1. The third-order valence-corrected chi connectivity index (χ3v) is 2.35. The molecule has 0 aromatic heterocycles. The van der Waals surface area contributed by atoms with Crippen LogP contribution in [0.15, 0.2) is 42.5 Å². The third-order valence-electron chi connectivity index (χ3n) is 2.35. The van der Waals surface area contributed by atoms with E-state index in [1.54, 1.807) is 24.3 Å². The summed E-state index contributed by atoms with van der Waals surface area (Å²) in [5.74, 6) is 0.182. The number of phenolic OH excluding ortho intramolecular Hbond substituents is 1. The van der Waals surface area contributed by atoms with Gasteiger partial charge in [0, 0.05) is 5.56 Å². The van der Waals surface area contributed by atoms with Crippen LogP contribution in [-0.2, 0) is 0 Å². The van der Waals surface area contributed by atoms with Gasteiger partial charge in [-0.25, -0.2) is 4.39 Å². The minimum atomic E-state index is -0.289. The molecule has 0 aliphatic rings. The summed E-state index contributed by atoms with van der Waals surface area (Å²) in [6.45, 7) is 0. The topological polar surface area (TPSA) is 29.5 Å². The van der Waals surface area contributed by atoms with Crippen LogP contribution in [0.1, 0.15) is 0 Å². The van der Waals surface area contributed by atoms with Gasteiger partial charge >= 0.3 is 0 Å². The molecule has 2 nitrogen and oxygen atoms in total. The molecule has 3 heteroatoms. The molecule has 2 aromatic rings. The quantitative estimate of drug-likeness (QED) is 0.838. The summed E-state index contributed by atoms with van der Waals surface area (Å²) in [5.41, 5.74) is 1.54. The van der Waals surface area contributed by atoms with Gasteiger partial charge in [-0.3, -0.25) is 0 Å². The maximum absolute atomic E-state index is 12.8. The number of para-hydroxylation sites is 1. The summed E-state index contributed by atoms with van der Waals surface area (Å²) in [6, 6.07) is 11.1. The van der Waals surface area contributed by atoms with E-state index in [1.807, 2.05) is 6.07 Å². The number of methoxy groups -OCH3 is 1. The first kappa shape index (κ1) is 10.5. The highest BCUT2D eigenvalue weighted by Gasteiger charge is 2.09. The summed E-state index contributed by atoms with van der Waals surface area (Å²) in [7, 11) is 1.49. The van der Waals surface area contributed by atoms with E-state index in [0.29, 0.717) is 5.75 Å². The molecule has 0 bridgehead atoms. The van der Waals surface area contributed by atoms with Gasteiger partial charge in [0.05, 0.1) is 7.11 Å². The van der Waals surface area contributed by atoms with Crippen molar-refractivity contribution in [2.75, 3.05) is 7.11 Å². The van der Waals surface area contributed by atoms with E-state index < -0.39 is 0 Å². The van der Waals surface area contributed by atoms with Crippen LogP contribution in [0.25, 0.3) is 11.1 Å². The van der Waals surface area contributed by atoms with Crippen LogP contribution in [0.5, 0.6) is 11.5 Å². The number of hydrogen-bond acceptors (Lipinski definition) is 2. The molecule has 0 atom stereocenters. The summed E-state index contributed by atoms with van der Waals surface area (Å²) in [6.07, 6.45) is 0. The van der Waals surface area contributed by atoms with E-state index >= 15 is 0 Å². The highest BCUT2D eigenvalue weighted by atomic mass is 19.1. The molecule has 2 rings (SSSR count). The predicted octanol–water partition coefficient (Wildman–Crippen LogP) is 3.21. The zero-order chi connectivity index (χ0) is 11.5. The minimum Gasteiger partial charge on any atom is -0.504 e. The second kappa shape index (κ2) is 4.23. The monoisotopic (exact) mass is 218 g/mol. The van der Waals surface area contributed by atoms with Gasteiger partial charge in [-0.2, -0.15) is 0 Å². The molecular formula is C13H11FO2. The highest BCUT2D eigenvalue weighted by Crippen LogP contribution is 2.36. The van der Waals surface area contributed by atoms with E-state index in [9.17, 15) is 9.50 Å². The molecule has 2 aromatic carbocycles. The molecule has 1 N–H and O–H groups in total. The third kappa shape index (κ3) is 1.84. The second-order valence-corrected chi connectivity index (χ2v) is 3.36. The molecule has 0 radical (unpaired) electrons. The number of rotatable bonds is 2. The Morgan fingerprint density at radius 1 is 1.06 bits per heavy atom. The molecule has 0 amide bonds. The maximum atomic E-state index is 12.8. The molecule has 16 heavy (non-hydrogen) atoms. The lowest BCUT2D eigenvalue weighted by atomic mass is 10.0. The summed E-state index contributed by atoms with van der Waals surface area (Å²) in [5, 5.41) is 9.61. The number of halogens is 1. The van der Waals surface area contributed by atoms with Gasteiger partial charge in [-0.15, -0.1) is 0 Å². The highest BCUT2D eigenvalue weighted by molar-refractivity contribution is 5.73. The van der Waals surface area contributed by atoms with E-state index in [1.165, 1.54) is 19.2 Å². The zero-order valence-corrected chi connectivity index (χ0v) is 8.77. The van der Waals surface area contributed by atoms with Gasteiger partial charge in [0.15, 0.2) is 11.5 Å². The van der Waals surface area contributed by atoms with Crippen LogP contribution >= 0.6 is 0 Å². The summed E-state index contributed by atoms with van der Waals surface area (Å²) in [4.78, 5) is 0. The molecule has 0 aliphatic heterocycles. The first-order valence-corrected chi connectivity index (χ1v) is 4.84. The molecule has 0 fully saturated rings. The van der Waals surface area contributed by atoms with Crippen LogP contribution in [0, 0.1) is 5.82 Å². The second-order valence-electron chi connectivity index (χ2n) is 3.36. The first-order chi connectivity index (χ1) is 7.72. The van der Waals surface area contributed by atoms with Crippen LogP contribution in [0.2, 0.25) is 0 Å². The molecule has 0 saturated carbocycles. The van der Waals surface area contributed by atoms with Crippen molar-refractivity contribution < 1.29 is 14.2 Å². The average molecular weight is 218 g/mol. The van der Waals surface area contributed by atoms with Crippen LogP contribution in [-0.4, -0.2) is 12.2 Å². The van der Waals surface area contributed by atoms with E-state index in [0.717, 1.165) is 11.1 Å². The predicted molar refractivity (Wildman–Crippen MR) is 60.1 cm³/mol. The molecule has 0 aliphatic carbocycles. The van der Waals surface area contributed by atoms with Crippen molar-refractivity contribution in [3.63, 3.8) is 0 Å². The minimum absolute atomic E-state index is 0.0734. The molecular weight excluding hydrogens is 207 g/mol. The fourth-order valence-corrected chi connectivity index (χ4v) is 1.60. The van der Waals surface area contributed by atoms with Crippen LogP contribution in [0.4, 0.5) is 4.39 Å². The first-order valence-electron chi connectivity index (χ1n) is 4.84. The number of phenols is 1. The van der Waals surface area contributed by atoms with Crippen LogP contribution in [0.3, 0.4) is 0 Å². The zero-order valence-electron chi connectivity index (χ0n) is 8.77. The number of ether oxygens (including phenoxy) is 1. The lowest BCUT2D eigenvalue weighted by Gasteiger charge is -2.09. The van der Waals surface area contributed by atoms with Crippen molar-refractivity contribution in [2.45, 2.75) is 0 Å². The van der Waals surface area contributed by atoms with Gasteiger partial charge in [0.1, 0.15) is 5.82 Å². The lowest BCUT2D eigenvalue weighted by Crippen LogP contribution is -1.88. The van der Waals surface area contributed by atoms with Crippen molar-refractivity contribution in [3.05, 3.63) is 48.3 Å². The average Bonchev–Trinajstić information content (AvgIpc) is 2.30. The fourth-order valence-electron chi connectivity index (χ4n) is 1.60. The lowest BCUT2D eigenvalue weighted by molar-refractivity contribution is 0.375. The summed E-state index contributed by atoms with van der Waals surface area (Å²) < 4.78 is 17.9. The molecule has 0 spiro atoms. The van der Waals surface area contributed by atoms with Crippen molar-refractivity contribution in [2.24, 2.45) is 0 Å². The largest absolute Gasteiger partial charge is 0.504 e. The van der Waals surface area contributed by atoms with E-state index in [4.69, 9.17) is 4.74 Å². The normalized spacial score (nSPS) is 10.1. The molecule has 0 saturated heterocycles. The smallest absolute Gasteiger partial charge is 0.168 e. The standard InChI is InChI=1S/C13H11FO2/c1-16-13-11(3-2-4-12(13)15)9-5-7-10(14)8-6-9/h2-8,15H,1H3. The molecule has 0 heterocycles. The van der Waals surface area contributed by atoms with Gasteiger partial charge < -0.3 is 9.84 Å². The Kier molecular flexibility index (Phi) is 2.77. The van der Waals surface area contributed by atoms with Crippen LogP contribution < -0.4 is 4.74 Å². The van der Waals surface area contributed by atoms with Gasteiger partial charge in [-0.1, -0.05) is 24.3 Å². The Morgan fingerprint density at radius 2 is 1.75 bits per heavy atom. The Morgan fingerprint density at radius 3 is 2.38 bits per heavy atom. The number of hydrogen-bond donors (Lipinski definition) is 1.